The van der Waals surface area contributed by atoms with Crippen LogP contribution in [0.1, 0.15) is 36.9 Å². The lowest BCUT2D eigenvalue weighted by Crippen LogP contribution is -2.50. The Morgan fingerprint density at radius 1 is 1.10 bits per heavy atom. The molecule has 1 unspecified atom stereocenters. The first-order valence-electron chi connectivity index (χ1n) is 12.5. The molecule has 4 rings (SSSR count). The van der Waals surface area contributed by atoms with Gasteiger partial charge < -0.3 is 20.3 Å². The van der Waals surface area contributed by atoms with Crippen LogP contribution in [-0.2, 0) is 10.3 Å². The van der Waals surface area contributed by atoms with Crippen LogP contribution >= 0.6 is 0 Å². The number of rotatable bonds is 7. The monoisotopic (exact) mass is 535 g/mol. The van der Waals surface area contributed by atoms with Gasteiger partial charge in [-0.2, -0.15) is 5.26 Å². The molecule has 10 heteroatoms. The molecule has 2 atom stereocenters. The fourth-order valence-corrected chi connectivity index (χ4v) is 4.76. The number of hydrogen-bond donors (Lipinski definition) is 2. The Morgan fingerprint density at radius 2 is 1.79 bits per heavy atom. The minimum Gasteiger partial charge on any atom is -0.438 e. The molecule has 0 saturated carbocycles. The van der Waals surface area contributed by atoms with E-state index in [1.54, 1.807) is 54.5 Å². The lowest BCUT2D eigenvalue weighted by molar-refractivity contribution is -0.0646. The smallest absolute Gasteiger partial charge is 0.411 e. The van der Waals surface area contributed by atoms with Gasteiger partial charge in [0.05, 0.1) is 6.04 Å². The standard InChI is InChI=1S/C29H28F3N5O2/c1-19(20-3-5-21(6-4-20)25-12-11-24(31)17-26(25)32)37-16-14-29(39-28(37)38,22-7-9-23(30)10-8-22)13-15-35-27(34-2)36-18-33/h3-12,17,19H,13-16H2,1-2H3,(H2,34,35,36)/t19-,29?/m0/s1. The number of amides is 1. The first kappa shape index (κ1) is 27.5. The van der Waals surface area contributed by atoms with E-state index in [1.165, 1.54) is 24.3 Å². The van der Waals surface area contributed by atoms with E-state index in [0.717, 1.165) is 11.6 Å². The van der Waals surface area contributed by atoms with Crippen molar-refractivity contribution in [3.8, 4) is 17.3 Å². The number of halogens is 3. The minimum atomic E-state index is -1.01. The Bertz CT molecular complexity index is 1390. The maximum atomic E-state index is 14.2. The van der Waals surface area contributed by atoms with Crippen molar-refractivity contribution in [1.82, 2.24) is 15.5 Å². The normalized spacial score (nSPS) is 18.2. The molecule has 0 radical (unpaired) electrons. The van der Waals surface area contributed by atoms with E-state index in [0.29, 0.717) is 37.1 Å². The first-order chi connectivity index (χ1) is 18.8. The fraction of sp³-hybridized carbons (Fsp3) is 0.276. The second kappa shape index (κ2) is 11.9. The summed E-state index contributed by atoms with van der Waals surface area (Å²) in [5, 5.41) is 14.6. The molecule has 1 aliphatic heterocycles. The minimum absolute atomic E-state index is 0.284. The van der Waals surface area contributed by atoms with E-state index < -0.39 is 29.1 Å². The molecule has 0 aliphatic carbocycles. The van der Waals surface area contributed by atoms with E-state index in [4.69, 9.17) is 10.00 Å². The molecule has 0 aromatic heterocycles. The third-order valence-corrected chi connectivity index (χ3v) is 6.97. The summed E-state index contributed by atoms with van der Waals surface area (Å²) in [6, 6.07) is 16.0. The van der Waals surface area contributed by atoms with Crippen LogP contribution in [0.5, 0.6) is 0 Å². The molecular weight excluding hydrogens is 507 g/mol. The van der Waals surface area contributed by atoms with Gasteiger partial charge >= 0.3 is 6.09 Å². The van der Waals surface area contributed by atoms with Crippen LogP contribution in [0.25, 0.3) is 11.1 Å². The highest BCUT2D eigenvalue weighted by Gasteiger charge is 2.43. The summed E-state index contributed by atoms with van der Waals surface area (Å²) in [4.78, 5) is 18.6. The third-order valence-electron chi connectivity index (χ3n) is 6.97. The van der Waals surface area contributed by atoms with E-state index in [2.05, 4.69) is 15.6 Å². The Morgan fingerprint density at radius 3 is 2.41 bits per heavy atom. The van der Waals surface area contributed by atoms with Gasteiger partial charge in [-0.3, -0.25) is 0 Å². The predicted molar refractivity (Wildman–Crippen MR) is 141 cm³/mol. The van der Waals surface area contributed by atoms with Crippen molar-refractivity contribution >= 4 is 12.1 Å². The Balaban J connectivity index is 1.51. The van der Waals surface area contributed by atoms with Crippen molar-refractivity contribution in [2.24, 2.45) is 4.99 Å². The number of nitrogens with one attached hydrogen (secondary N) is 2. The molecule has 1 aliphatic rings. The van der Waals surface area contributed by atoms with Crippen LogP contribution in [0.15, 0.2) is 71.7 Å². The maximum Gasteiger partial charge on any atom is 0.411 e. The lowest BCUT2D eigenvalue weighted by atomic mass is 9.85. The maximum absolute atomic E-state index is 14.2. The highest BCUT2D eigenvalue weighted by atomic mass is 19.1. The second-order valence-electron chi connectivity index (χ2n) is 9.22. The highest BCUT2D eigenvalue weighted by molar-refractivity contribution is 5.80. The van der Waals surface area contributed by atoms with E-state index in [-0.39, 0.29) is 17.6 Å². The van der Waals surface area contributed by atoms with Crippen LogP contribution in [-0.4, -0.2) is 37.1 Å². The Kier molecular flexibility index (Phi) is 8.39. The summed E-state index contributed by atoms with van der Waals surface area (Å²) in [5.74, 6) is -1.40. The van der Waals surface area contributed by atoms with Gasteiger partial charge in [-0.25, -0.2) is 18.0 Å². The van der Waals surface area contributed by atoms with E-state index in [1.807, 2.05) is 6.92 Å². The number of cyclic esters (lactones) is 1. The quantitative estimate of drug-likeness (QED) is 0.233. The number of nitrogens with zero attached hydrogens (tertiary/aromatic N) is 3. The number of ether oxygens (including phenoxy) is 1. The molecule has 1 amide bonds. The number of hydrogen-bond acceptors (Lipinski definition) is 4. The van der Waals surface area contributed by atoms with Crippen molar-refractivity contribution in [3.05, 3.63) is 95.3 Å². The molecule has 1 fully saturated rings. The van der Waals surface area contributed by atoms with Crippen LogP contribution in [0.3, 0.4) is 0 Å². The number of nitriles is 1. The molecule has 7 nitrogen and oxygen atoms in total. The predicted octanol–water partition coefficient (Wildman–Crippen LogP) is 5.61. The summed E-state index contributed by atoms with van der Waals surface area (Å²) in [6.45, 7) is 2.58. The van der Waals surface area contributed by atoms with Gasteiger partial charge in [-0.15, -0.1) is 4.99 Å². The molecule has 1 heterocycles. The van der Waals surface area contributed by atoms with Gasteiger partial charge in [0.2, 0.25) is 12.2 Å². The molecule has 3 aromatic rings. The zero-order chi connectivity index (χ0) is 28.0. The number of carbonyl (C=O) groups excluding carboxylic acids is 1. The molecule has 0 spiro atoms. The van der Waals surface area contributed by atoms with Gasteiger partial charge in [0.1, 0.15) is 23.1 Å². The van der Waals surface area contributed by atoms with Crippen LogP contribution in [0, 0.1) is 28.9 Å². The zero-order valence-electron chi connectivity index (χ0n) is 21.5. The van der Waals surface area contributed by atoms with Gasteiger partial charge in [0, 0.05) is 44.6 Å². The molecule has 1 saturated heterocycles. The van der Waals surface area contributed by atoms with Crippen LogP contribution in [0.4, 0.5) is 18.0 Å². The van der Waals surface area contributed by atoms with Crippen molar-refractivity contribution in [1.29, 1.82) is 5.26 Å². The second-order valence-corrected chi connectivity index (χ2v) is 9.22. The number of benzene rings is 3. The van der Waals surface area contributed by atoms with Gasteiger partial charge in [-0.1, -0.05) is 36.4 Å². The Labute approximate surface area is 224 Å². The number of guanidine groups is 1. The number of carbonyl (C=O) groups is 1. The molecule has 3 aromatic carbocycles. The number of aliphatic imine (C=N–C) groups is 1. The van der Waals surface area contributed by atoms with Crippen molar-refractivity contribution in [3.63, 3.8) is 0 Å². The average molecular weight is 536 g/mol. The van der Waals surface area contributed by atoms with Crippen molar-refractivity contribution < 1.29 is 22.7 Å². The first-order valence-corrected chi connectivity index (χ1v) is 12.5. The van der Waals surface area contributed by atoms with E-state index >= 15 is 0 Å². The van der Waals surface area contributed by atoms with Crippen LogP contribution < -0.4 is 10.6 Å². The molecule has 202 valence electrons. The average Bonchev–Trinajstić information content (AvgIpc) is 2.93. The largest absolute Gasteiger partial charge is 0.438 e. The summed E-state index contributed by atoms with van der Waals surface area (Å²) < 4.78 is 47.2. The SMILES string of the molecule is CNC(=NC#N)NCCC1(c2ccc(F)cc2)CCN([C@@H](C)c2ccc(-c3ccc(F)cc3F)cc2)C(=O)O1. The van der Waals surface area contributed by atoms with Crippen LogP contribution in [0.2, 0.25) is 0 Å². The van der Waals surface area contributed by atoms with Gasteiger partial charge in [0.25, 0.3) is 0 Å². The summed E-state index contributed by atoms with van der Waals surface area (Å²) in [7, 11) is 1.63. The Hall–Kier alpha value is -4.52. The molecule has 0 bridgehead atoms. The lowest BCUT2D eigenvalue weighted by Gasteiger charge is -2.43. The van der Waals surface area contributed by atoms with Crippen molar-refractivity contribution in [2.45, 2.75) is 31.4 Å². The summed E-state index contributed by atoms with van der Waals surface area (Å²) in [5.41, 5.74) is 1.35. The molecular formula is C29H28F3N5O2. The van der Waals surface area contributed by atoms with Gasteiger partial charge in [-0.05, 0) is 47.9 Å². The summed E-state index contributed by atoms with van der Waals surface area (Å²) in [6.07, 6.45) is 1.99. The topological polar surface area (TPSA) is 89.8 Å². The van der Waals surface area contributed by atoms with Crippen molar-refractivity contribution in [2.75, 3.05) is 20.1 Å². The molecule has 39 heavy (non-hydrogen) atoms. The summed E-state index contributed by atoms with van der Waals surface area (Å²) >= 11 is 0. The van der Waals surface area contributed by atoms with E-state index in [9.17, 15) is 18.0 Å². The highest BCUT2D eigenvalue weighted by Crippen LogP contribution is 2.39. The van der Waals surface area contributed by atoms with Gasteiger partial charge in [0.15, 0.2) is 0 Å². The third kappa shape index (κ3) is 6.14. The molecule has 2 N–H and O–H groups in total. The zero-order valence-corrected chi connectivity index (χ0v) is 21.5. The fourth-order valence-electron chi connectivity index (χ4n) is 4.76.